The van der Waals surface area contributed by atoms with Crippen molar-refractivity contribution in [2.75, 3.05) is 0 Å². The maximum atomic E-state index is 12.2. The molecule has 0 unspecified atom stereocenters. The summed E-state index contributed by atoms with van der Waals surface area (Å²) in [6.45, 7) is 1.85. The minimum Gasteiger partial charge on any atom is -0.441 e. The molecule has 3 N–H and O–H groups in total. The first kappa shape index (κ1) is 21.5. The average molecular weight is 386 g/mol. The fraction of sp³-hybridized carbons (Fsp3) is 0.444. The molecule has 1 aliphatic carbocycles. The number of rotatable bonds is 4. The molecule has 0 aliphatic heterocycles. The van der Waals surface area contributed by atoms with Crippen LogP contribution in [-0.4, -0.2) is 23.0 Å². The largest absolute Gasteiger partial charge is 0.441 e. The third-order valence-corrected chi connectivity index (χ3v) is 4.38. The molecule has 1 amide bonds. The number of halogens is 2. The van der Waals surface area contributed by atoms with Crippen LogP contribution in [0.3, 0.4) is 0 Å². The van der Waals surface area contributed by atoms with Crippen molar-refractivity contribution in [3.05, 3.63) is 41.8 Å². The Morgan fingerprint density at radius 2 is 1.84 bits per heavy atom. The molecule has 1 saturated carbocycles. The lowest BCUT2D eigenvalue weighted by atomic mass is 9.92. The Labute approximate surface area is 160 Å². The molecule has 0 spiro atoms. The van der Waals surface area contributed by atoms with Crippen LogP contribution in [0, 0.1) is 6.92 Å². The number of aryl methyl sites for hydroxylation is 1. The monoisotopic (exact) mass is 385 g/mol. The second-order valence-electron chi connectivity index (χ2n) is 6.24. The second-order valence-corrected chi connectivity index (χ2v) is 6.24. The van der Waals surface area contributed by atoms with E-state index < -0.39 is 0 Å². The van der Waals surface area contributed by atoms with Crippen LogP contribution >= 0.6 is 24.8 Å². The SMILES string of the molecule is Cc1oc(-c2ccccc2)nc1CC(=O)NC1CCC(N)CC1.Cl.Cl. The minimum absolute atomic E-state index is 0. The van der Waals surface area contributed by atoms with Gasteiger partial charge in [-0.2, -0.15) is 0 Å². The molecular weight excluding hydrogens is 361 g/mol. The van der Waals surface area contributed by atoms with Crippen LogP contribution < -0.4 is 11.1 Å². The van der Waals surface area contributed by atoms with E-state index in [1.54, 1.807) is 0 Å². The van der Waals surface area contributed by atoms with Crippen molar-refractivity contribution in [2.24, 2.45) is 5.73 Å². The van der Waals surface area contributed by atoms with Crippen LogP contribution in [0.4, 0.5) is 0 Å². The van der Waals surface area contributed by atoms with Crippen LogP contribution in [0.1, 0.15) is 37.1 Å². The van der Waals surface area contributed by atoms with E-state index in [9.17, 15) is 4.79 Å². The van der Waals surface area contributed by atoms with Gasteiger partial charge in [0.1, 0.15) is 5.76 Å². The highest BCUT2D eigenvalue weighted by Crippen LogP contribution is 2.22. The number of nitrogens with zero attached hydrogens (tertiary/aromatic N) is 1. The lowest BCUT2D eigenvalue weighted by molar-refractivity contribution is -0.121. The Bertz CT molecular complexity index is 668. The van der Waals surface area contributed by atoms with Gasteiger partial charge >= 0.3 is 0 Å². The molecule has 5 nitrogen and oxygen atoms in total. The lowest BCUT2D eigenvalue weighted by Gasteiger charge is -2.26. The summed E-state index contributed by atoms with van der Waals surface area (Å²) in [4.78, 5) is 16.7. The number of oxazole rings is 1. The van der Waals surface area contributed by atoms with E-state index in [0.29, 0.717) is 17.3 Å². The number of hydrogen-bond donors (Lipinski definition) is 2. The zero-order valence-corrected chi connectivity index (χ0v) is 15.9. The van der Waals surface area contributed by atoms with Gasteiger partial charge in [0.25, 0.3) is 0 Å². The Morgan fingerprint density at radius 1 is 1.20 bits per heavy atom. The molecule has 0 radical (unpaired) electrons. The molecule has 25 heavy (non-hydrogen) atoms. The maximum Gasteiger partial charge on any atom is 0.226 e. The molecule has 1 aromatic carbocycles. The van der Waals surface area contributed by atoms with E-state index in [1.807, 2.05) is 37.3 Å². The Hall–Kier alpha value is -1.56. The van der Waals surface area contributed by atoms with Crippen molar-refractivity contribution in [1.82, 2.24) is 10.3 Å². The molecule has 0 atom stereocenters. The summed E-state index contributed by atoms with van der Waals surface area (Å²) in [7, 11) is 0. The van der Waals surface area contributed by atoms with Gasteiger partial charge in [-0.1, -0.05) is 18.2 Å². The molecule has 1 heterocycles. The fourth-order valence-corrected chi connectivity index (χ4v) is 2.99. The summed E-state index contributed by atoms with van der Waals surface area (Å²) < 4.78 is 5.70. The van der Waals surface area contributed by atoms with Gasteiger partial charge in [-0.15, -0.1) is 24.8 Å². The molecule has 7 heteroatoms. The number of nitrogens with one attached hydrogen (secondary N) is 1. The van der Waals surface area contributed by atoms with Crippen molar-refractivity contribution < 1.29 is 9.21 Å². The Morgan fingerprint density at radius 3 is 2.48 bits per heavy atom. The molecule has 3 rings (SSSR count). The number of carbonyl (C=O) groups excluding carboxylic acids is 1. The van der Waals surface area contributed by atoms with E-state index in [4.69, 9.17) is 10.2 Å². The van der Waals surface area contributed by atoms with Gasteiger partial charge < -0.3 is 15.5 Å². The quantitative estimate of drug-likeness (QED) is 0.844. The van der Waals surface area contributed by atoms with Crippen molar-refractivity contribution >= 4 is 30.7 Å². The maximum absolute atomic E-state index is 12.2. The average Bonchev–Trinajstić information content (AvgIpc) is 2.91. The third-order valence-electron chi connectivity index (χ3n) is 4.38. The van der Waals surface area contributed by atoms with Crippen molar-refractivity contribution in [3.8, 4) is 11.5 Å². The van der Waals surface area contributed by atoms with Crippen LogP contribution in [0.15, 0.2) is 34.7 Å². The first-order chi connectivity index (χ1) is 11.1. The number of benzene rings is 1. The molecule has 138 valence electrons. The van der Waals surface area contributed by atoms with E-state index in [1.165, 1.54) is 0 Å². The Kier molecular flexibility index (Phi) is 8.42. The minimum atomic E-state index is 0. The predicted octanol–water partition coefficient (Wildman–Crippen LogP) is 3.42. The van der Waals surface area contributed by atoms with Crippen LogP contribution in [0.25, 0.3) is 11.5 Å². The first-order valence-electron chi connectivity index (χ1n) is 8.18. The van der Waals surface area contributed by atoms with E-state index >= 15 is 0 Å². The van der Waals surface area contributed by atoms with Crippen molar-refractivity contribution in [2.45, 2.75) is 51.1 Å². The van der Waals surface area contributed by atoms with Gasteiger partial charge in [-0.05, 0) is 44.7 Å². The summed E-state index contributed by atoms with van der Waals surface area (Å²) in [6.07, 6.45) is 4.13. The fourth-order valence-electron chi connectivity index (χ4n) is 2.99. The van der Waals surface area contributed by atoms with Gasteiger partial charge in [-0.25, -0.2) is 4.98 Å². The van der Waals surface area contributed by atoms with Gasteiger partial charge in [-0.3, -0.25) is 4.79 Å². The molecule has 2 aromatic rings. The van der Waals surface area contributed by atoms with Gasteiger partial charge in [0.15, 0.2) is 0 Å². The van der Waals surface area contributed by atoms with E-state index in [-0.39, 0.29) is 49.2 Å². The van der Waals surface area contributed by atoms with E-state index in [0.717, 1.165) is 31.2 Å². The van der Waals surface area contributed by atoms with Gasteiger partial charge in [0.2, 0.25) is 11.8 Å². The summed E-state index contributed by atoms with van der Waals surface area (Å²) in [6, 6.07) is 10.2. The number of aromatic nitrogens is 1. The summed E-state index contributed by atoms with van der Waals surface area (Å²) in [5, 5.41) is 3.09. The van der Waals surface area contributed by atoms with E-state index in [2.05, 4.69) is 10.3 Å². The zero-order valence-electron chi connectivity index (χ0n) is 14.2. The number of amides is 1. The molecule has 1 aliphatic rings. The summed E-state index contributed by atoms with van der Waals surface area (Å²) in [5.74, 6) is 1.26. The highest BCUT2D eigenvalue weighted by atomic mass is 35.5. The van der Waals surface area contributed by atoms with Crippen LogP contribution in [-0.2, 0) is 11.2 Å². The smallest absolute Gasteiger partial charge is 0.226 e. The van der Waals surface area contributed by atoms with Crippen LogP contribution in [0.2, 0.25) is 0 Å². The molecular formula is C18H25Cl2N3O2. The number of hydrogen-bond acceptors (Lipinski definition) is 4. The van der Waals surface area contributed by atoms with Crippen LogP contribution in [0.5, 0.6) is 0 Å². The molecule has 0 saturated heterocycles. The normalized spacial score (nSPS) is 19.4. The summed E-state index contributed by atoms with van der Waals surface area (Å²) in [5.41, 5.74) is 7.52. The molecule has 0 bridgehead atoms. The number of nitrogens with two attached hydrogens (primary N) is 1. The second kappa shape index (κ2) is 9.80. The lowest BCUT2D eigenvalue weighted by Crippen LogP contribution is -2.41. The standard InChI is InChI=1S/C18H23N3O2.2ClH/c1-12-16(21-18(23-12)13-5-3-2-4-6-13)11-17(22)20-15-9-7-14(19)8-10-15;;/h2-6,14-15H,7-11,19H2,1H3,(H,20,22);2*1H. The summed E-state index contributed by atoms with van der Waals surface area (Å²) >= 11 is 0. The number of carbonyl (C=O) groups is 1. The zero-order chi connectivity index (χ0) is 16.2. The molecule has 1 fully saturated rings. The highest BCUT2D eigenvalue weighted by molar-refractivity contribution is 5.85. The highest BCUT2D eigenvalue weighted by Gasteiger charge is 2.21. The topological polar surface area (TPSA) is 81.2 Å². The first-order valence-corrected chi connectivity index (χ1v) is 8.18. The molecule has 1 aromatic heterocycles. The van der Waals surface area contributed by atoms with Crippen molar-refractivity contribution in [1.29, 1.82) is 0 Å². The van der Waals surface area contributed by atoms with Gasteiger partial charge in [0, 0.05) is 17.6 Å². The van der Waals surface area contributed by atoms with Gasteiger partial charge in [0.05, 0.1) is 12.1 Å². The predicted molar refractivity (Wildman–Crippen MR) is 103 cm³/mol. The third kappa shape index (κ3) is 5.73. The Balaban J connectivity index is 0.00000156. The van der Waals surface area contributed by atoms with Crippen molar-refractivity contribution in [3.63, 3.8) is 0 Å².